The van der Waals surface area contributed by atoms with Gasteiger partial charge in [0.25, 0.3) is 5.56 Å². The number of rotatable bonds is 8. The zero-order chi connectivity index (χ0) is 22.4. The zero-order valence-electron chi connectivity index (χ0n) is 18.3. The number of nitrogens with one attached hydrogen (secondary N) is 3. The number of unbranched alkanes of at least 4 members (excludes halogenated alkanes) is 3. The molecule has 0 radical (unpaired) electrons. The molecule has 1 saturated heterocycles. The fourth-order valence-electron chi connectivity index (χ4n) is 3.84. The van der Waals surface area contributed by atoms with E-state index in [4.69, 9.17) is 0 Å². The Bertz CT molecular complexity index is 1040. The highest BCUT2D eigenvalue weighted by Crippen LogP contribution is 2.22. The first-order chi connectivity index (χ1) is 14.9. The first-order valence-corrected chi connectivity index (χ1v) is 10.9. The molecule has 3 amide bonds. The quantitative estimate of drug-likeness (QED) is 0.565. The third-order valence-electron chi connectivity index (χ3n) is 5.54. The van der Waals surface area contributed by atoms with Crippen molar-refractivity contribution < 1.29 is 9.59 Å². The van der Waals surface area contributed by atoms with Gasteiger partial charge in [-0.3, -0.25) is 14.2 Å². The summed E-state index contributed by atoms with van der Waals surface area (Å²) in [5.41, 5.74) is 1.78. The third kappa shape index (κ3) is 5.51. The Morgan fingerprint density at radius 3 is 2.81 bits per heavy atom. The molecule has 1 atom stereocenters. The Kier molecular flexibility index (Phi) is 7.44. The molecule has 31 heavy (non-hydrogen) atoms. The molecule has 1 unspecified atom stereocenters. The number of benzene rings is 1. The minimum absolute atomic E-state index is 0.227. The molecule has 166 valence electrons. The van der Waals surface area contributed by atoms with Crippen molar-refractivity contribution in [2.24, 2.45) is 0 Å². The molecule has 2 aromatic rings. The lowest BCUT2D eigenvalue weighted by Crippen LogP contribution is -2.41. The van der Waals surface area contributed by atoms with Crippen LogP contribution in [0.1, 0.15) is 62.9 Å². The lowest BCUT2D eigenvalue weighted by atomic mass is 10.0. The van der Waals surface area contributed by atoms with E-state index in [9.17, 15) is 14.4 Å². The SMILES string of the molecule is C=C1CCC(n2c(C)nc3ccc(CNC(=O)NCCCCCC)cc3c2=O)C(=O)N1. The van der Waals surface area contributed by atoms with Crippen LogP contribution in [0.25, 0.3) is 10.9 Å². The summed E-state index contributed by atoms with van der Waals surface area (Å²) in [5, 5.41) is 8.83. The van der Waals surface area contributed by atoms with E-state index in [0.29, 0.717) is 48.4 Å². The van der Waals surface area contributed by atoms with Gasteiger partial charge in [-0.15, -0.1) is 0 Å². The second kappa shape index (κ2) is 10.2. The van der Waals surface area contributed by atoms with E-state index in [1.165, 1.54) is 11.0 Å². The van der Waals surface area contributed by atoms with Gasteiger partial charge in [0.1, 0.15) is 11.9 Å². The fourth-order valence-corrected chi connectivity index (χ4v) is 3.84. The predicted octanol–water partition coefficient (Wildman–Crippen LogP) is 3.05. The number of hydrogen-bond acceptors (Lipinski definition) is 4. The molecule has 1 aromatic heterocycles. The Balaban J connectivity index is 1.73. The number of carbonyl (C=O) groups excluding carboxylic acids is 2. The molecule has 0 bridgehead atoms. The number of aromatic nitrogens is 2. The zero-order valence-corrected chi connectivity index (χ0v) is 18.3. The Morgan fingerprint density at radius 1 is 1.26 bits per heavy atom. The summed E-state index contributed by atoms with van der Waals surface area (Å²) in [6.07, 6.45) is 5.53. The van der Waals surface area contributed by atoms with Crippen molar-refractivity contribution in [1.82, 2.24) is 25.5 Å². The van der Waals surface area contributed by atoms with Crippen LogP contribution in [-0.2, 0) is 11.3 Å². The van der Waals surface area contributed by atoms with Crippen molar-refractivity contribution >= 4 is 22.8 Å². The summed E-state index contributed by atoms with van der Waals surface area (Å²) in [6.45, 7) is 8.62. The number of nitrogens with zero attached hydrogens (tertiary/aromatic N) is 2. The van der Waals surface area contributed by atoms with Crippen LogP contribution in [0.15, 0.2) is 35.3 Å². The first kappa shape index (κ1) is 22.5. The number of hydrogen-bond donors (Lipinski definition) is 3. The standard InChI is InChI=1S/C23H31N5O3/c1-4-5-6-7-12-24-23(31)25-14-17-9-10-19-18(13-17)22(30)28(16(3)27-19)20-11-8-15(2)26-21(20)29/h9-10,13,20H,2,4-8,11-12,14H2,1,3H3,(H,26,29)(H2,24,25,31). The molecule has 8 nitrogen and oxygen atoms in total. The number of urea groups is 1. The van der Waals surface area contributed by atoms with Gasteiger partial charge in [0.15, 0.2) is 0 Å². The van der Waals surface area contributed by atoms with E-state index in [1.807, 2.05) is 6.07 Å². The van der Waals surface area contributed by atoms with Gasteiger partial charge in [-0.1, -0.05) is 38.8 Å². The maximum absolute atomic E-state index is 13.2. The number of fused-ring (bicyclic) bond motifs is 1. The topological polar surface area (TPSA) is 105 Å². The molecule has 3 N–H and O–H groups in total. The van der Waals surface area contributed by atoms with Gasteiger partial charge in [0, 0.05) is 18.8 Å². The monoisotopic (exact) mass is 425 g/mol. The fraction of sp³-hybridized carbons (Fsp3) is 0.478. The molecule has 0 aliphatic carbocycles. The molecule has 0 saturated carbocycles. The second-order valence-electron chi connectivity index (χ2n) is 8.00. The van der Waals surface area contributed by atoms with Crippen LogP contribution in [-0.4, -0.2) is 28.0 Å². The van der Waals surface area contributed by atoms with E-state index in [-0.39, 0.29) is 17.5 Å². The summed E-state index contributed by atoms with van der Waals surface area (Å²) in [6, 6.07) is 4.53. The van der Waals surface area contributed by atoms with Crippen LogP contribution in [0.4, 0.5) is 4.79 Å². The molecule has 8 heteroatoms. The van der Waals surface area contributed by atoms with Crippen LogP contribution < -0.4 is 21.5 Å². The Labute approximate surface area is 182 Å². The van der Waals surface area contributed by atoms with Gasteiger partial charge in [-0.05, 0) is 43.9 Å². The summed E-state index contributed by atoms with van der Waals surface area (Å²) >= 11 is 0. The third-order valence-corrected chi connectivity index (χ3v) is 5.54. The van der Waals surface area contributed by atoms with Gasteiger partial charge in [-0.25, -0.2) is 9.78 Å². The van der Waals surface area contributed by atoms with Gasteiger partial charge in [0.2, 0.25) is 5.91 Å². The number of carbonyl (C=O) groups is 2. The lowest BCUT2D eigenvalue weighted by Gasteiger charge is -2.26. The number of allylic oxidation sites excluding steroid dienone is 1. The summed E-state index contributed by atoms with van der Waals surface area (Å²) in [5.74, 6) is 0.259. The van der Waals surface area contributed by atoms with Gasteiger partial charge < -0.3 is 16.0 Å². The van der Waals surface area contributed by atoms with Crippen LogP contribution in [0.3, 0.4) is 0 Å². The number of piperidine rings is 1. The van der Waals surface area contributed by atoms with E-state index in [0.717, 1.165) is 24.8 Å². The highest BCUT2D eigenvalue weighted by molar-refractivity contribution is 5.84. The molecular weight excluding hydrogens is 394 g/mol. The predicted molar refractivity (Wildman–Crippen MR) is 121 cm³/mol. The van der Waals surface area contributed by atoms with Crippen molar-refractivity contribution in [3.63, 3.8) is 0 Å². The molecule has 0 spiro atoms. The lowest BCUT2D eigenvalue weighted by molar-refractivity contribution is -0.124. The second-order valence-corrected chi connectivity index (χ2v) is 8.00. The molecule has 3 rings (SSSR count). The van der Waals surface area contributed by atoms with Crippen LogP contribution in [0.5, 0.6) is 0 Å². The summed E-state index contributed by atoms with van der Waals surface area (Å²) in [4.78, 5) is 42.2. The molecule has 1 aliphatic heterocycles. The molecule has 1 aromatic carbocycles. The maximum Gasteiger partial charge on any atom is 0.315 e. The normalized spacial score (nSPS) is 16.3. The maximum atomic E-state index is 13.2. The first-order valence-electron chi connectivity index (χ1n) is 10.9. The van der Waals surface area contributed by atoms with Crippen molar-refractivity contribution in [2.45, 2.75) is 65.0 Å². The molecule has 1 aliphatic rings. The van der Waals surface area contributed by atoms with Crippen LogP contribution in [0, 0.1) is 6.92 Å². The van der Waals surface area contributed by atoms with Crippen molar-refractivity contribution in [3.05, 3.63) is 52.2 Å². The van der Waals surface area contributed by atoms with E-state index < -0.39 is 6.04 Å². The average Bonchev–Trinajstić information content (AvgIpc) is 2.73. The van der Waals surface area contributed by atoms with Crippen molar-refractivity contribution in [2.75, 3.05) is 6.54 Å². The smallest absolute Gasteiger partial charge is 0.315 e. The Hall–Kier alpha value is -3.16. The number of amides is 3. The van der Waals surface area contributed by atoms with Crippen LogP contribution >= 0.6 is 0 Å². The highest BCUT2D eigenvalue weighted by atomic mass is 16.2. The van der Waals surface area contributed by atoms with Crippen molar-refractivity contribution in [1.29, 1.82) is 0 Å². The highest BCUT2D eigenvalue weighted by Gasteiger charge is 2.28. The van der Waals surface area contributed by atoms with E-state index in [2.05, 4.69) is 34.4 Å². The molecular formula is C23H31N5O3. The van der Waals surface area contributed by atoms with Crippen molar-refractivity contribution in [3.8, 4) is 0 Å². The molecule has 1 fully saturated rings. The van der Waals surface area contributed by atoms with Gasteiger partial charge in [-0.2, -0.15) is 0 Å². The van der Waals surface area contributed by atoms with Gasteiger partial charge >= 0.3 is 6.03 Å². The van der Waals surface area contributed by atoms with E-state index in [1.54, 1.807) is 19.1 Å². The van der Waals surface area contributed by atoms with Crippen LogP contribution in [0.2, 0.25) is 0 Å². The average molecular weight is 426 g/mol. The minimum atomic E-state index is -0.602. The number of aryl methyl sites for hydroxylation is 1. The van der Waals surface area contributed by atoms with E-state index >= 15 is 0 Å². The minimum Gasteiger partial charge on any atom is -0.338 e. The van der Waals surface area contributed by atoms with Gasteiger partial charge in [0.05, 0.1) is 10.9 Å². The summed E-state index contributed by atoms with van der Waals surface area (Å²) in [7, 11) is 0. The Morgan fingerprint density at radius 2 is 2.06 bits per heavy atom. The molecule has 2 heterocycles. The summed E-state index contributed by atoms with van der Waals surface area (Å²) < 4.78 is 1.46. The largest absolute Gasteiger partial charge is 0.338 e.